The van der Waals surface area contributed by atoms with Gasteiger partial charge < -0.3 is 5.32 Å². The topological polar surface area (TPSA) is 133 Å². The number of aromatic nitrogens is 2. The lowest BCUT2D eigenvalue weighted by Crippen LogP contribution is -2.25. The summed E-state index contributed by atoms with van der Waals surface area (Å²) in [7, 11) is 0. The van der Waals surface area contributed by atoms with Gasteiger partial charge >= 0.3 is 5.69 Å². The fourth-order valence-corrected chi connectivity index (χ4v) is 4.21. The van der Waals surface area contributed by atoms with E-state index in [0.29, 0.717) is 16.3 Å². The van der Waals surface area contributed by atoms with Crippen LogP contribution in [0, 0.1) is 46.9 Å². The van der Waals surface area contributed by atoms with Crippen LogP contribution in [0.5, 0.6) is 0 Å². The van der Waals surface area contributed by atoms with Gasteiger partial charge in [-0.15, -0.1) is 0 Å². The van der Waals surface area contributed by atoms with E-state index in [-0.39, 0.29) is 29.5 Å². The second-order valence-electron chi connectivity index (χ2n) is 7.74. The van der Waals surface area contributed by atoms with E-state index in [1.54, 1.807) is 26.8 Å². The smallest absolute Gasteiger partial charge is 0.312 e. The molecule has 1 aromatic heterocycles. The van der Waals surface area contributed by atoms with Crippen molar-refractivity contribution in [2.75, 3.05) is 5.32 Å². The molecule has 0 saturated heterocycles. The lowest BCUT2D eigenvalue weighted by molar-refractivity contribution is -0.386. The number of hydrogen-bond acceptors (Lipinski definition) is 7. The molecule has 1 amide bonds. The number of aryl methyl sites for hydroxylation is 2. The molecule has 0 bridgehead atoms. The van der Waals surface area contributed by atoms with E-state index in [9.17, 15) is 25.0 Å². The maximum absolute atomic E-state index is 12.8. The summed E-state index contributed by atoms with van der Waals surface area (Å²) in [6, 6.07) is 12.2. The summed E-state index contributed by atoms with van der Waals surface area (Å²) in [5, 5.41) is 29.5. The molecule has 1 heterocycles. The minimum atomic E-state index is -0.588. The Balaban J connectivity index is 1.78. The average molecular weight is 470 g/mol. The summed E-state index contributed by atoms with van der Waals surface area (Å²) in [5.74, 6) is -0.966. The Morgan fingerprint density at radius 1 is 1.06 bits per heavy atom. The largest absolute Gasteiger partial charge is 0.326 e. The molecule has 0 aliphatic heterocycles. The van der Waals surface area contributed by atoms with Crippen molar-refractivity contribution in [2.24, 2.45) is 5.92 Å². The molecular weight excluding hydrogens is 446 g/mol. The summed E-state index contributed by atoms with van der Waals surface area (Å²) in [6.07, 6.45) is 0. The van der Waals surface area contributed by atoms with Gasteiger partial charge in [-0.1, -0.05) is 36.4 Å². The molecule has 33 heavy (non-hydrogen) atoms. The lowest BCUT2D eigenvalue weighted by Gasteiger charge is -2.14. The Morgan fingerprint density at radius 2 is 1.73 bits per heavy atom. The molecule has 1 atom stereocenters. The number of carbonyl (C=O) groups is 1. The van der Waals surface area contributed by atoms with Crippen molar-refractivity contribution in [3.63, 3.8) is 0 Å². The van der Waals surface area contributed by atoms with Crippen molar-refractivity contribution in [3.05, 3.63) is 79.6 Å². The van der Waals surface area contributed by atoms with Crippen LogP contribution in [-0.2, 0) is 11.3 Å². The summed E-state index contributed by atoms with van der Waals surface area (Å²) in [4.78, 5) is 35.9. The molecule has 172 valence electrons. The third kappa shape index (κ3) is 5.75. The van der Waals surface area contributed by atoms with Crippen LogP contribution in [0.1, 0.15) is 23.9 Å². The maximum atomic E-state index is 12.8. The SMILES string of the molecule is Cc1ccc(Sc2cc(NC(=O)C(C)Cn3nc(C)c([N+](=O)[O-])c3C)cc([N+](=O)[O-])c2)cc1. The van der Waals surface area contributed by atoms with Crippen molar-refractivity contribution in [3.8, 4) is 0 Å². The van der Waals surface area contributed by atoms with Crippen LogP contribution in [0.2, 0.25) is 0 Å². The van der Waals surface area contributed by atoms with Gasteiger partial charge in [0.25, 0.3) is 5.69 Å². The molecule has 0 fully saturated rings. The molecule has 0 aliphatic carbocycles. The summed E-state index contributed by atoms with van der Waals surface area (Å²) in [5.41, 5.74) is 1.84. The van der Waals surface area contributed by atoms with E-state index < -0.39 is 15.8 Å². The van der Waals surface area contributed by atoms with Crippen molar-refractivity contribution >= 4 is 34.7 Å². The molecule has 10 nitrogen and oxygen atoms in total. The average Bonchev–Trinajstić information content (AvgIpc) is 3.02. The van der Waals surface area contributed by atoms with E-state index in [2.05, 4.69) is 10.4 Å². The van der Waals surface area contributed by atoms with Gasteiger partial charge in [0, 0.05) is 27.6 Å². The molecule has 3 aromatic rings. The van der Waals surface area contributed by atoms with Crippen molar-refractivity contribution in [1.29, 1.82) is 0 Å². The first-order chi connectivity index (χ1) is 15.5. The number of carbonyl (C=O) groups excluding carboxylic acids is 1. The molecule has 1 unspecified atom stereocenters. The highest BCUT2D eigenvalue weighted by Crippen LogP contribution is 2.33. The Bertz CT molecular complexity index is 1220. The van der Waals surface area contributed by atoms with Crippen LogP contribution in [0.15, 0.2) is 52.3 Å². The van der Waals surface area contributed by atoms with Crippen molar-refractivity contribution in [1.82, 2.24) is 9.78 Å². The molecule has 0 saturated carbocycles. The molecule has 0 radical (unpaired) electrons. The van der Waals surface area contributed by atoms with Crippen LogP contribution in [0.4, 0.5) is 17.1 Å². The third-order valence-corrected chi connectivity index (χ3v) is 6.03. The zero-order valence-electron chi connectivity index (χ0n) is 18.6. The minimum absolute atomic E-state index is 0.0703. The quantitative estimate of drug-likeness (QED) is 0.360. The second kappa shape index (κ2) is 9.82. The van der Waals surface area contributed by atoms with E-state index in [1.807, 2.05) is 31.2 Å². The fourth-order valence-electron chi connectivity index (χ4n) is 3.30. The van der Waals surface area contributed by atoms with Crippen LogP contribution >= 0.6 is 11.8 Å². The first-order valence-corrected chi connectivity index (χ1v) is 10.9. The van der Waals surface area contributed by atoms with Gasteiger partial charge in [0.05, 0.1) is 22.3 Å². The Labute approximate surface area is 194 Å². The first-order valence-electron chi connectivity index (χ1n) is 10.1. The van der Waals surface area contributed by atoms with Gasteiger partial charge in [0.1, 0.15) is 11.4 Å². The number of nitro benzene ring substituents is 1. The van der Waals surface area contributed by atoms with E-state index in [4.69, 9.17) is 0 Å². The van der Waals surface area contributed by atoms with E-state index >= 15 is 0 Å². The Kier molecular flexibility index (Phi) is 7.12. The number of benzene rings is 2. The van der Waals surface area contributed by atoms with E-state index in [1.165, 1.54) is 28.6 Å². The van der Waals surface area contributed by atoms with Gasteiger partial charge in [-0.3, -0.25) is 29.7 Å². The number of nitrogens with zero attached hydrogens (tertiary/aromatic N) is 4. The Hall–Kier alpha value is -3.73. The van der Waals surface area contributed by atoms with Crippen LogP contribution in [0.25, 0.3) is 0 Å². The monoisotopic (exact) mass is 469 g/mol. The van der Waals surface area contributed by atoms with Crippen molar-refractivity contribution in [2.45, 2.75) is 44.0 Å². The van der Waals surface area contributed by atoms with Gasteiger partial charge in [0.15, 0.2) is 0 Å². The number of nitrogens with one attached hydrogen (secondary N) is 1. The van der Waals surface area contributed by atoms with E-state index in [0.717, 1.165) is 10.5 Å². The first kappa shape index (κ1) is 23.9. The molecule has 1 N–H and O–H groups in total. The zero-order chi connectivity index (χ0) is 24.3. The van der Waals surface area contributed by atoms with Crippen molar-refractivity contribution < 1.29 is 14.6 Å². The van der Waals surface area contributed by atoms with Gasteiger partial charge in [-0.05, 0) is 39.0 Å². The molecule has 0 spiro atoms. The summed E-state index contributed by atoms with van der Waals surface area (Å²) < 4.78 is 1.43. The summed E-state index contributed by atoms with van der Waals surface area (Å²) in [6.45, 7) is 6.89. The molecule has 3 rings (SSSR count). The fraction of sp³-hybridized carbons (Fsp3) is 0.273. The number of non-ortho nitro benzene ring substituents is 1. The van der Waals surface area contributed by atoms with Crippen LogP contribution < -0.4 is 5.32 Å². The Morgan fingerprint density at radius 3 is 2.30 bits per heavy atom. The number of rotatable bonds is 8. The molecular formula is C22H23N5O5S. The predicted molar refractivity (Wildman–Crippen MR) is 125 cm³/mol. The maximum Gasteiger partial charge on any atom is 0.312 e. The number of hydrogen-bond donors (Lipinski definition) is 1. The van der Waals surface area contributed by atoms with Gasteiger partial charge in [-0.2, -0.15) is 5.10 Å². The van der Waals surface area contributed by atoms with Gasteiger partial charge in [-0.25, -0.2) is 0 Å². The molecule has 0 aliphatic rings. The highest BCUT2D eigenvalue weighted by molar-refractivity contribution is 7.99. The normalized spacial score (nSPS) is 11.8. The highest BCUT2D eigenvalue weighted by atomic mass is 32.2. The number of anilines is 1. The zero-order valence-corrected chi connectivity index (χ0v) is 19.4. The number of amides is 1. The minimum Gasteiger partial charge on any atom is -0.326 e. The van der Waals surface area contributed by atoms with Crippen LogP contribution in [-0.4, -0.2) is 25.5 Å². The molecule has 2 aromatic carbocycles. The number of nitro groups is 2. The predicted octanol–water partition coefficient (Wildman–Crippen LogP) is 5.05. The van der Waals surface area contributed by atoms with Crippen LogP contribution in [0.3, 0.4) is 0 Å². The summed E-state index contributed by atoms with van der Waals surface area (Å²) >= 11 is 1.36. The lowest BCUT2D eigenvalue weighted by atomic mass is 10.1. The highest BCUT2D eigenvalue weighted by Gasteiger charge is 2.24. The third-order valence-electron chi connectivity index (χ3n) is 5.05. The van der Waals surface area contributed by atoms with Gasteiger partial charge in [0.2, 0.25) is 5.91 Å². The molecule has 11 heteroatoms. The standard InChI is InChI=1S/C22H23N5O5S/c1-13-5-7-19(8-6-13)33-20-10-17(9-18(11-20)26(29)30)23-22(28)14(2)12-25-16(4)21(27(31)32)15(3)24-25/h5-11,14H,12H2,1-4H3,(H,23,28). The second-order valence-corrected chi connectivity index (χ2v) is 8.88.